The molecule has 1 aliphatic heterocycles. The van der Waals surface area contributed by atoms with E-state index in [0.717, 1.165) is 6.42 Å². The number of azide groups is 1. The summed E-state index contributed by atoms with van der Waals surface area (Å²) in [5.74, 6) is 0.232. The molecule has 1 amide bonds. The van der Waals surface area contributed by atoms with Gasteiger partial charge in [-0.25, -0.2) is 0 Å². The minimum atomic E-state index is -0.466. The van der Waals surface area contributed by atoms with Gasteiger partial charge < -0.3 is 5.32 Å². The lowest BCUT2D eigenvalue weighted by atomic mass is 9.76. The van der Waals surface area contributed by atoms with E-state index in [1.165, 1.54) is 0 Å². The van der Waals surface area contributed by atoms with Gasteiger partial charge in [0.15, 0.2) is 0 Å². The molecule has 0 aliphatic carbocycles. The highest BCUT2D eigenvalue weighted by atomic mass is 16.2. The molecule has 72 valence electrons. The minimum Gasteiger partial charge on any atom is -0.356 e. The summed E-state index contributed by atoms with van der Waals surface area (Å²) in [5, 5.41) is 6.30. The maximum atomic E-state index is 11.5. The Hall–Kier alpha value is -1.22. The van der Waals surface area contributed by atoms with Crippen molar-refractivity contribution in [2.24, 2.45) is 16.4 Å². The lowest BCUT2D eigenvalue weighted by molar-refractivity contribution is -0.129. The molecule has 1 heterocycles. The van der Waals surface area contributed by atoms with Gasteiger partial charge >= 0.3 is 0 Å². The summed E-state index contributed by atoms with van der Waals surface area (Å²) in [5.41, 5.74) is 7.77. The number of hydrogen-bond acceptors (Lipinski definition) is 2. The van der Waals surface area contributed by atoms with Gasteiger partial charge in [-0.2, -0.15) is 0 Å². The average Bonchev–Trinajstić information content (AvgIpc) is 2.45. The zero-order chi connectivity index (χ0) is 9.90. The van der Waals surface area contributed by atoms with E-state index in [1.807, 2.05) is 13.8 Å². The lowest BCUT2D eigenvalue weighted by Crippen LogP contribution is -2.38. The molecular formula is C8H14N4O. The van der Waals surface area contributed by atoms with Gasteiger partial charge in [0.1, 0.15) is 0 Å². The largest absolute Gasteiger partial charge is 0.356 e. The van der Waals surface area contributed by atoms with E-state index < -0.39 is 5.41 Å². The van der Waals surface area contributed by atoms with Crippen LogP contribution in [0.2, 0.25) is 0 Å². The molecule has 1 aliphatic rings. The van der Waals surface area contributed by atoms with Crippen LogP contribution in [-0.2, 0) is 4.79 Å². The Morgan fingerprint density at radius 3 is 2.85 bits per heavy atom. The SMILES string of the molecule is CC(C)[C@@]1(CN=[N+]=[N-])CCNC1=O. The Labute approximate surface area is 77.1 Å². The van der Waals surface area contributed by atoms with Gasteiger partial charge in [-0.15, -0.1) is 0 Å². The number of carbonyl (C=O) groups is 1. The van der Waals surface area contributed by atoms with Crippen LogP contribution in [0.15, 0.2) is 5.11 Å². The van der Waals surface area contributed by atoms with Gasteiger partial charge in [-0.1, -0.05) is 19.0 Å². The zero-order valence-corrected chi connectivity index (χ0v) is 7.95. The molecule has 1 rings (SSSR count). The maximum absolute atomic E-state index is 11.5. The lowest BCUT2D eigenvalue weighted by Gasteiger charge is -2.28. The summed E-state index contributed by atoms with van der Waals surface area (Å²) in [7, 11) is 0. The first kappa shape index (κ1) is 9.86. The van der Waals surface area contributed by atoms with Crippen LogP contribution >= 0.6 is 0 Å². The molecule has 1 atom stereocenters. The summed E-state index contributed by atoms with van der Waals surface area (Å²) in [6.45, 7) is 4.93. The third-order valence-corrected chi connectivity index (χ3v) is 2.83. The first-order valence-electron chi connectivity index (χ1n) is 4.42. The third kappa shape index (κ3) is 1.60. The van der Waals surface area contributed by atoms with Crippen LogP contribution in [0, 0.1) is 11.3 Å². The van der Waals surface area contributed by atoms with Crippen molar-refractivity contribution < 1.29 is 4.79 Å². The molecule has 1 saturated heterocycles. The standard InChI is InChI=1S/C8H14N4O/c1-6(2)8(5-11-12-9)3-4-10-7(8)13/h6H,3-5H2,1-2H3,(H,10,13)/t8-/m0/s1. The van der Waals surface area contributed by atoms with Crippen molar-refractivity contribution in [3.05, 3.63) is 10.4 Å². The number of rotatable bonds is 3. The highest BCUT2D eigenvalue weighted by molar-refractivity contribution is 5.85. The van der Waals surface area contributed by atoms with Crippen molar-refractivity contribution in [2.45, 2.75) is 20.3 Å². The van der Waals surface area contributed by atoms with E-state index >= 15 is 0 Å². The number of nitrogens with one attached hydrogen (secondary N) is 1. The van der Waals surface area contributed by atoms with E-state index in [0.29, 0.717) is 6.54 Å². The van der Waals surface area contributed by atoms with Crippen molar-refractivity contribution in [1.29, 1.82) is 0 Å². The highest BCUT2D eigenvalue weighted by Crippen LogP contribution is 2.35. The van der Waals surface area contributed by atoms with Crippen LogP contribution in [0.3, 0.4) is 0 Å². The molecule has 5 nitrogen and oxygen atoms in total. The topological polar surface area (TPSA) is 77.9 Å². The summed E-state index contributed by atoms with van der Waals surface area (Å²) in [4.78, 5) is 14.3. The van der Waals surface area contributed by atoms with Gasteiger partial charge in [0.2, 0.25) is 5.91 Å². The van der Waals surface area contributed by atoms with Crippen molar-refractivity contribution in [3.8, 4) is 0 Å². The predicted molar refractivity (Wildman–Crippen MR) is 48.9 cm³/mol. The molecule has 0 unspecified atom stereocenters. The Bertz CT molecular complexity index is 257. The van der Waals surface area contributed by atoms with E-state index in [-0.39, 0.29) is 18.4 Å². The molecule has 0 saturated carbocycles. The van der Waals surface area contributed by atoms with Crippen LogP contribution in [0.5, 0.6) is 0 Å². The van der Waals surface area contributed by atoms with Crippen molar-refractivity contribution in [1.82, 2.24) is 5.32 Å². The highest BCUT2D eigenvalue weighted by Gasteiger charge is 2.44. The summed E-state index contributed by atoms with van der Waals surface area (Å²) < 4.78 is 0. The van der Waals surface area contributed by atoms with Crippen molar-refractivity contribution in [3.63, 3.8) is 0 Å². The van der Waals surface area contributed by atoms with Crippen LogP contribution in [0.4, 0.5) is 0 Å². The molecule has 5 heteroatoms. The van der Waals surface area contributed by atoms with Crippen molar-refractivity contribution >= 4 is 5.91 Å². The average molecular weight is 182 g/mol. The number of hydrogen-bond donors (Lipinski definition) is 1. The molecule has 0 bridgehead atoms. The summed E-state index contributed by atoms with van der Waals surface area (Å²) in [6, 6.07) is 0. The van der Waals surface area contributed by atoms with Crippen molar-refractivity contribution in [2.75, 3.05) is 13.1 Å². The second kappa shape index (κ2) is 3.66. The summed E-state index contributed by atoms with van der Waals surface area (Å²) in [6.07, 6.45) is 0.766. The molecule has 0 spiro atoms. The van der Waals surface area contributed by atoms with Crippen LogP contribution < -0.4 is 5.32 Å². The normalized spacial score (nSPS) is 27.2. The molecule has 0 aromatic heterocycles. The second-order valence-electron chi connectivity index (χ2n) is 3.71. The third-order valence-electron chi connectivity index (χ3n) is 2.83. The minimum absolute atomic E-state index is 0.0231. The predicted octanol–water partition coefficient (Wildman–Crippen LogP) is 1.46. The fraction of sp³-hybridized carbons (Fsp3) is 0.875. The number of carbonyl (C=O) groups excluding carboxylic acids is 1. The molecule has 0 aromatic rings. The van der Waals surface area contributed by atoms with Crippen LogP contribution in [-0.4, -0.2) is 19.0 Å². The fourth-order valence-electron chi connectivity index (χ4n) is 1.73. The molecular weight excluding hydrogens is 168 g/mol. The van der Waals surface area contributed by atoms with E-state index in [1.54, 1.807) is 0 Å². The van der Waals surface area contributed by atoms with Crippen LogP contribution in [0.25, 0.3) is 10.4 Å². The van der Waals surface area contributed by atoms with Gasteiger partial charge in [0, 0.05) is 18.0 Å². The zero-order valence-electron chi connectivity index (χ0n) is 7.95. The maximum Gasteiger partial charge on any atom is 0.226 e. The van der Waals surface area contributed by atoms with Gasteiger partial charge in [-0.3, -0.25) is 4.79 Å². The number of amides is 1. The monoisotopic (exact) mass is 182 g/mol. The first-order chi connectivity index (χ1) is 6.13. The molecule has 13 heavy (non-hydrogen) atoms. The van der Waals surface area contributed by atoms with Crippen LogP contribution in [0.1, 0.15) is 20.3 Å². The Balaban J connectivity index is 2.86. The Morgan fingerprint density at radius 1 is 1.77 bits per heavy atom. The number of nitrogens with zero attached hydrogens (tertiary/aromatic N) is 3. The molecule has 1 fully saturated rings. The summed E-state index contributed by atoms with van der Waals surface area (Å²) >= 11 is 0. The first-order valence-corrected chi connectivity index (χ1v) is 4.42. The van der Waals surface area contributed by atoms with E-state index in [4.69, 9.17) is 5.53 Å². The Morgan fingerprint density at radius 2 is 2.46 bits per heavy atom. The van der Waals surface area contributed by atoms with Gasteiger partial charge in [0.05, 0.1) is 5.41 Å². The van der Waals surface area contributed by atoms with E-state index in [2.05, 4.69) is 15.3 Å². The quantitative estimate of drug-likeness (QED) is 0.400. The van der Waals surface area contributed by atoms with Gasteiger partial charge in [0.25, 0.3) is 0 Å². The second-order valence-corrected chi connectivity index (χ2v) is 3.71. The fourth-order valence-corrected chi connectivity index (χ4v) is 1.73. The van der Waals surface area contributed by atoms with Gasteiger partial charge in [-0.05, 0) is 17.9 Å². The smallest absolute Gasteiger partial charge is 0.226 e. The molecule has 0 radical (unpaired) electrons. The van der Waals surface area contributed by atoms with E-state index in [9.17, 15) is 4.79 Å². The Kier molecular flexibility index (Phi) is 2.78. The molecule has 0 aromatic carbocycles. The molecule has 1 N–H and O–H groups in total.